The van der Waals surface area contributed by atoms with Gasteiger partial charge in [-0.2, -0.15) is 0 Å². The Balaban J connectivity index is 2.00. The van der Waals surface area contributed by atoms with Crippen molar-refractivity contribution in [3.8, 4) is 0 Å². The van der Waals surface area contributed by atoms with Gasteiger partial charge in [0.05, 0.1) is 0 Å². The van der Waals surface area contributed by atoms with Crippen LogP contribution in [-0.4, -0.2) is 6.54 Å². The minimum Gasteiger partial charge on any atom is -0.310 e. The van der Waals surface area contributed by atoms with E-state index in [-0.39, 0.29) is 0 Å². The summed E-state index contributed by atoms with van der Waals surface area (Å²) in [6.45, 7) is 12.6. The standard InChI is InChI=1S/C17H27N/c1-12-6-7-14-8-9-16(15(14)10-12)18-11-13(2)17(3,4)5/h6-7,10,13,16,18H,8-9,11H2,1-5H3. The molecule has 1 aliphatic rings. The molecule has 0 saturated carbocycles. The third kappa shape index (κ3) is 2.95. The number of rotatable bonds is 3. The van der Waals surface area contributed by atoms with Gasteiger partial charge in [-0.05, 0) is 48.8 Å². The lowest BCUT2D eigenvalue weighted by molar-refractivity contribution is 0.245. The van der Waals surface area contributed by atoms with E-state index in [0.29, 0.717) is 17.4 Å². The Morgan fingerprint density at radius 3 is 2.72 bits per heavy atom. The van der Waals surface area contributed by atoms with Crippen molar-refractivity contribution in [3.05, 3.63) is 34.9 Å². The Kier molecular flexibility index (Phi) is 3.82. The minimum atomic E-state index is 0.390. The summed E-state index contributed by atoms with van der Waals surface area (Å²) in [6, 6.07) is 7.48. The largest absolute Gasteiger partial charge is 0.310 e. The highest BCUT2D eigenvalue weighted by Gasteiger charge is 2.25. The Morgan fingerprint density at radius 1 is 1.33 bits per heavy atom. The van der Waals surface area contributed by atoms with Crippen LogP contribution in [0.3, 0.4) is 0 Å². The fourth-order valence-corrected chi connectivity index (χ4v) is 2.56. The van der Waals surface area contributed by atoms with Crippen LogP contribution in [0, 0.1) is 18.3 Å². The van der Waals surface area contributed by atoms with E-state index in [4.69, 9.17) is 0 Å². The van der Waals surface area contributed by atoms with Crippen LogP contribution in [0.4, 0.5) is 0 Å². The van der Waals surface area contributed by atoms with Crippen molar-refractivity contribution in [2.75, 3.05) is 6.54 Å². The van der Waals surface area contributed by atoms with Gasteiger partial charge in [0.1, 0.15) is 0 Å². The normalized spacial score (nSPS) is 20.8. The maximum absolute atomic E-state index is 3.77. The predicted molar refractivity (Wildman–Crippen MR) is 78.9 cm³/mol. The molecule has 1 aliphatic carbocycles. The molecule has 0 bridgehead atoms. The Hall–Kier alpha value is -0.820. The van der Waals surface area contributed by atoms with Crippen molar-refractivity contribution in [1.82, 2.24) is 5.32 Å². The molecule has 1 aromatic rings. The van der Waals surface area contributed by atoms with Gasteiger partial charge >= 0.3 is 0 Å². The summed E-state index contributed by atoms with van der Waals surface area (Å²) in [5.41, 5.74) is 4.85. The van der Waals surface area contributed by atoms with Crippen LogP contribution in [0.1, 0.15) is 56.8 Å². The van der Waals surface area contributed by atoms with Crippen LogP contribution in [0.5, 0.6) is 0 Å². The van der Waals surface area contributed by atoms with Crippen LogP contribution >= 0.6 is 0 Å². The molecule has 18 heavy (non-hydrogen) atoms. The smallest absolute Gasteiger partial charge is 0.0326 e. The molecular weight excluding hydrogens is 218 g/mol. The first kappa shape index (κ1) is 13.6. The summed E-state index contributed by atoms with van der Waals surface area (Å²) in [4.78, 5) is 0. The van der Waals surface area contributed by atoms with Crippen molar-refractivity contribution in [3.63, 3.8) is 0 Å². The van der Waals surface area contributed by atoms with Gasteiger partial charge in [-0.25, -0.2) is 0 Å². The molecule has 1 N–H and O–H groups in total. The first-order valence-corrected chi connectivity index (χ1v) is 7.21. The van der Waals surface area contributed by atoms with E-state index >= 15 is 0 Å². The van der Waals surface area contributed by atoms with Gasteiger partial charge in [-0.3, -0.25) is 0 Å². The molecule has 0 radical (unpaired) electrons. The van der Waals surface area contributed by atoms with E-state index < -0.39 is 0 Å². The molecule has 0 aliphatic heterocycles. The molecule has 0 saturated heterocycles. The second-order valence-corrected chi connectivity index (χ2v) is 6.97. The zero-order chi connectivity index (χ0) is 13.3. The van der Waals surface area contributed by atoms with E-state index in [9.17, 15) is 0 Å². The van der Waals surface area contributed by atoms with E-state index in [0.717, 1.165) is 6.54 Å². The summed E-state index contributed by atoms with van der Waals surface area (Å²) in [7, 11) is 0. The molecule has 2 atom stereocenters. The lowest BCUT2D eigenvalue weighted by atomic mass is 9.82. The van der Waals surface area contributed by atoms with E-state index in [1.54, 1.807) is 5.56 Å². The van der Waals surface area contributed by atoms with Crippen molar-refractivity contribution >= 4 is 0 Å². The molecule has 0 spiro atoms. The fourth-order valence-electron chi connectivity index (χ4n) is 2.56. The van der Waals surface area contributed by atoms with Crippen molar-refractivity contribution in [1.29, 1.82) is 0 Å². The summed E-state index contributed by atoms with van der Waals surface area (Å²) >= 11 is 0. The number of aryl methyl sites for hydroxylation is 2. The van der Waals surface area contributed by atoms with Crippen molar-refractivity contribution in [2.24, 2.45) is 11.3 Å². The zero-order valence-electron chi connectivity index (χ0n) is 12.5. The second-order valence-electron chi connectivity index (χ2n) is 6.97. The molecule has 100 valence electrons. The third-order valence-corrected chi connectivity index (χ3v) is 4.53. The van der Waals surface area contributed by atoms with Crippen LogP contribution < -0.4 is 5.32 Å². The predicted octanol–water partition coefficient (Wildman–Crippen LogP) is 4.25. The van der Waals surface area contributed by atoms with E-state index in [2.05, 4.69) is 58.1 Å². The van der Waals surface area contributed by atoms with Gasteiger partial charge in [-0.1, -0.05) is 51.5 Å². The molecule has 0 fully saturated rings. The highest BCUT2D eigenvalue weighted by Crippen LogP contribution is 2.32. The van der Waals surface area contributed by atoms with Gasteiger partial charge in [0.2, 0.25) is 0 Å². The average molecular weight is 245 g/mol. The SMILES string of the molecule is Cc1ccc2c(c1)C(NCC(C)C(C)(C)C)CC2. The van der Waals surface area contributed by atoms with Crippen LogP contribution in [0.15, 0.2) is 18.2 Å². The Bertz CT molecular complexity index is 414. The highest BCUT2D eigenvalue weighted by atomic mass is 14.9. The molecule has 1 heteroatoms. The number of hydrogen-bond donors (Lipinski definition) is 1. The van der Waals surface area contributed by atoms with Gasteiger partial charge in [0.25, 0.3) is 0 Å². The number of benzene rings is 1. The van der Waals surface area contributed by atoms with Gasteiger partial charge < -0.3 is 5.32 Å². The van der Waals surface area contributed by atoms with Crippen molar-refractivity contribution < 1.29 is 0 Å². The highest BCUT2D eigenvalue weighted by molar-refractivity contribution is 5.37. The maximum atomic E-state index is 3.77. The fraction of sp³-hybridized carbons (Fsp3) is 0.647. The van der Waals surface area contributed by atoms with E-state index in [1.807, 2.05) is 0 Å². The molecular formula is C17H27N. The first-order chi connectivity index (χ1) is 8.38. The zero-order valence-corrected chi connectivity index (χ0v) is 12.5. The first-order valence-electron chi connectivity index (χ1n) is 7.21. The lowest BCUT2D eigenvalue weighted by Crippen LogP contribution is -2.31. The molecule has 0 heterocycles. The van der Waals surface area contributed by atoms with Gasteiger partial charge in [-0.15, -0.1) is 0 Å². The molecule has 0 amide bonds. The minimum absolute atomic E-state index is 0.390. The third-order valence-electron chi connectivity index (χ3n) is 4.53. The lowest BCUT2D eigenvalue weighted by Gasteiger charge is -2.29. The molecule has 1 nitrogen and oxygen atoms in total. The van der Waals surface area contributed by atoms with Gasteiger partial charge in [0.15, 0.2) is 0 Å². The summed E-state index contributed by atoms with van der Waals surface area (Å²) in [5.74, 6) is 0.700. The maximum Gasteiger partial charge on any atom is 0.0326 e. The van der Waals surface area contributed by atoms with Crippen LogP contribution in [0.25, 0.3) is 0 Å². The molecule has 1 aromatic carbocycles. The Morgan fingerprint density at radius 2 is 2.06 bits per heavy atom. The number of fused-ring (bicyclic) bond motifs is 1. The summed E-state index contributed by atoms with van der Waals surface area (Å²) in [5, 5.41) is 3.77. The molecule has 2 rings (SSSR count). The van der Waals surface area contributed by atoms with Crippen LogP contribution in [-0.2, 0) is 6.42 Å². The molecule has 2 unspecified atom stereocenters. The average Bonchev–Trinajstić information content (AvgIpc) is 2.67. The summed E-state index contributed by atoms with van der Waals surface area (Å²) < 4.78 is 0. The topological polar surface area (TPSA) is 12.0 Å². The van der Waals surface area contributed by atoms with Crippen molar-refractivity contribution in [2.45, 2.75) is 53.5 Å². The number of hydrogen-bond acceptors (Lipinski definition) is 1. The summed E-state index contributed by atoms with van der Waals surface area (Å²) in [6.07, 6.45) is 2.49. The second kappa shape index (κ2) is 5.05. The van der Waals surface area contributed by atoms with Crippen LogP contribution in [0.2, 0.25) is 0 Å². The number of nitrogens with one attached hydrogen (secondary N) is 1. The quantitative estimate of drug-likeness (QED) is 0.839. The molecule has 0 aromatic heterocycles. The monoisotopic (exact) mass is 245 g/mol. The van der Waals surface area contributed by atoms with E-state index in [1.165, 1.54) is 24.0 Å². The van der Waals surface area contributed by atoms with Gasteiger partial charge in [0, 0.05) is 6.04 Å². The Labute approximate surface area is 112 Å².